The van der Waals surface area contributed by atoms with Gasteiger partial charge in [0.1, 0.15) is 0 Å². The number of carbonyl (C=O) groups is 2. The highest BCUT2D eigenvalue weighted by molar-refractivity contribution is 5.69. The second-order valence-corrected chi connectivity index (χ2v) is 6.82. The standard InChI is InChI=1S/C20H38O4/c1-3-5-9-13-18(12-6-4-2)16-17-24-20(23)15-11-8-7-10-14-19(21)22/h18H,3-17H2,1-2H3,(H,21,22). The summed E-state index contributed by atoms with van der Waals surface area (Å²) in [5.41, 5.74) is 0. The molecule has 0 aromatic rings. The molecule has 4 heteroatoms. The normalized spacial score (nSPS) is 12.1. The van der Waals surface area contributed by atoms with E-state index in [1.54, 1.807) is 0 Å². The van der Waals surface area contributed by atoms with E-state index in [1.807, 2.05) is 0 Å². The number of unbranched alkanes of at least 4 members (excludes halogenated alkanes) is 6. The minimum Gasteiger partial charge on any atom is -0.481 e. The van der Waals surface area contributed by atoms with Crippen LogP contribution in [0.25, 0.3) is 0 Å². The molecule has 0 saturated carbocycles. The molecule has 0 bridgehead atoms. The molecule has 0 rings (SSSR count). The van der Waals surface area contributed by atoms with Gasteiger partial charge in [-0.15, -0.1) is 0 Å². The van der Waals surface area contributed by atoms with Crippen molar-refractivity contribution in [1.29, 1.82) is 0 Å². The minimum absolute atomic E-state index is 0.101. The fourth-order valence-corrected chi connectivity index (χ4v) is 2.92. The molecule has 24 heavy (non-hydrogen) atoms. The fraction of sp³-hybridized carbons (Fsp3) is 0.900. The Bertz CT molecular complexity index is 315. The van der Waals surface area contributed by atoms with Crippen molar-refractivity contribution in [2.75, 3.05) is 6.61 Å². The number of carboxylic acid groups (broad SMARTS) is 1. The molecule has 0 aromatic carbocycles. The smallest absolute Gasteiger partial charge is 0.305 e. The third-order valence-corrected chi connectivity index (χ3v) is 4.49. The first kappa shape index (κ1) is 22.9. The molecule has 0 aromatic heterocycles. The van der Waals surface area contributed by atoms with Crippen LogP contribution in [0.5, 0.6) is 0 Å². The van der Waals surface area contributed by atoms with Crippen LogP contribution in [0.15, 0.2) is 0 Å². The predicted molar refractivity (Wildman–Crippen MR) is 98.1 cm³/mol. The van der Waals surface area contributed by atoms with Crippen molar-refractivity contribution >= 4 is 11.9 Å². The molecule has 0 aliphatic heterocycles. The van der Waals surface area contributed by atoms with E-state index in [2.05, 4.69) is 13.8 Å². The zero-order valence-corrected chi connectivity index (χ0v) is 15.9. The van der Waals surface area contributed by atoms with E-state index >= 15 is 0 Å². The van der Waals surface area contributed by atoms with E-state index in [9.17, 15) is 9.59 Å². The Labute approximate surface area is 148 Å². The molecule has 1 N–H and O–H groups in total. The van der Waals surface area contributed by atoms with Gasteiger partial charge in [-0.3, -0.25) is 9.59 Å². The van der Waals surface area contributed by atoms with E-state index < -0.39 is 5.97 Å². The summed E-state index contributed by atoms with van der Waals surface area (Å²) in [5.74, 6) is -0.151. The van der Waals surface area contributed by atoms with Crippen LogP contribution in [0, 0.1) is 5.92 Å². The summed E-state index contributed by atoms with van der Waals surface area (Å²) in [5, 5.41) is 8.55. The maximum absolute atomic E-state index is 11.7. The SMILES string of the molecule is CCCCCC(CCCC)CCOC(=O)CCCCCCC(=O)O. The maximum atomic E-state index is 11.7. The summed E-state index contributed by atoms with van der Waals surface area (Å²) in [6.07, 6.45) is 13.8. The van der Waals surface area contributed by atoms with Gasteiger partial charge in [0, 0.05) is 12.8 Å². The summed E-state index contributed by atoms with van der Waals surface area (Å²) in [4.78, 5) is 22.1. The molecular weight excluding hydrogens is 304 g/mol. The summed E-state index contributed by atoms with van der Waals surface area (Å²) >= 11 is 0. The van der Waals surface area contributed by atoms with Gasteiger partial charge in [-0.25, -0.2) is 0 Å². The van der Waals surface area contributed by atoms with E-state index in [0.717, 1.165) is 25.7 Å². The van der Waals surface area contributed by atoms with Gasteiger partial charge in [-0.05, 0) is 25.2 Å². The first-order valence-corrected chi connectivity index (χ1v) is 9.97. The number of esters is 1. The maximum Gasteiger partial charge on any atom is 0.305 e. The van der Waals surface area contributed by atoms with Crippen molar-refractivity contribution in [3.63, 3.8) is 0 Å². The van der Waals surface area contributed by atoms with E-state index in [0.29, 0.717) is 25.4 Å². The summed E-state index contributed by atoms with van der Waals surface area (Å²) in [6.45, 7) is 5.00. The van der Waals surface area contributed by atoms with Gasteiger partial charge in [-0.2, -0.15) is 0 Å². The average Bonchev–Trinajstić information content (AvgIpc) is 2.55. The number of carbonyl (C=O) groups excluding carboxylic acids is 1. The molecule has 4 nitrogen and oxygen atoms in total. The quantitative estimate of drug-likeness (QED) is 0.271. The van der Waals surface area contributed by atoms with Crippen LogP contribution in [0.1, 0.15) is 104 Å². The molecule has 0 aliphatic rings. The second-order valence-electron chi connectivity index (χ2n) is 6.82. The molecule has 0 fully saturated rings. The third kappa shape index (κ3) is 15.8. The second kappa shape index (κ2) is 16.8. The number of carboxylic acids is 1. The van der Waals surface area contributed by atoms with Gasteiger partial charge in [0.2, 0.25) is 0 Å². The molecule has 1 unspecified atom stereocenters. The summed E-state index contributed by atoms with van der Waals surface area (Å²) < 4.78 is 5.37. The fourth-order valence-electron chi connectivity index (χ4n) is 2.92. The van der Waals surface area contributed by atoms with Crippen LogP contribution in [0.4, 0.5) is 0 Å². The number of aliphatic carboxylic acids is 1. The number of ether oxygens (including phenoxy) is 1. The zero-order chi connectivity index (χ0) is 18.0. The molecule has 0 saturated heterocycles. The van der Waals surface area contributed by atoms with Crippen LogP contribution in [-0.4, -0.2) is 23.7 Å². The molecule has 0 heterocycles. The third-order valence-electron chi connectivity index (χ3n) is 4.49. The van der Waals surface area contributed by atoms with Crippen molar-refractivity contribution in [3.05, 3.63) is 0 Å². The van der Waals surface area contributed by atoms with Gasteiger partial charge >= 0.3 is 11.9 Å². The first-order chi connectivity index (χ1) is 11.6. The van der Waals surface area contributed by atoms with Gasteiger partial charge in [-0.1, -0.05) is 71.6 Å². The van der Waals surface area contributed by atoms with Crippen LogP contribution in [0.2, 0.25) is 0 Å². The van der Waals surface area contributed by atoms with Gasteiger partial charge in [0.05, 0.1) is 6.61 Å². The topological polar surface area (TPSA) is 63.6 Å². The molecule has 0 aliphatic carbocycles. The highest BCUT2D eigenvalue weighted by Crippen LogP contribution is 2.20. The van der Waals surface area contributed by atoms with Gasteiger partial charge in [0.25, 0.3) is 0 Å². The Balaban J connectivity index is 3.67. The van der Waals surface area contributed by atoms with Gasteiger partial charge < -0.3 is 9.84 Å². The lowest BCUT2D eigenvalue weighted by atomic mass is 9.93. The van der Waals surface area contributed by atoms with Crippen molar-refractivity contribution in [2.45, 2.75) is 104 Å². The Kier molecular flexibility index (Phi) is 16.0. The Morgan fingerprint density at radius 2 is 1.42 bits per heavy atom. The zero-order valence-electron chi connectivity index (χ0n) is 15.9. The summed E-state index contributed by atoms with van der Waals surface area (Å²) in [7, 11) is 0. The van der Waals surface area contributed by atoms with E-state index in [1.165, 1.54) is 44.9 Å². The van der Waals surface area contributed by atoms with Crippen molar-refractivity contribution < 1.29 is 19.4 Å². The van der Waals surface area contributed by atoms with Crippen molar-refractivity contribution in [1.82, 2.24) is 0 Å². The molecular formula is C20H38O4. The number of rotatable bonds is 17. The largest absolute Gasteiger partial charge is 0.481 e. The molecule has 1 atom stereocenters. The highest BCUT2D eigenvalue weighted by atomic mass is 16.5. The lowest BCUT2D eigenvalue weighted by Crippen LogP contribution is -2.10. The van der Waals surface area contributed by atoms with Gasteiger partial charge in [0.15, 0.2) is 0 Å². The lowest BCUT2D eigenvalue weighted by molar-refractivity contribution is -0.144. The lowest BCUT2D eigenvalue weighted by Gasteiger charge is -2.16. The van der Waals surface area contributed by atoms with Crippen molar-refractivity contribution in [2.24, 2.45) is 5.92 Å². The Morgan fingerprint density at radius 1 is 0.792 bits per heavy atom. The van der Waals surface area contributed by atoms with E-state index in [4.69, 9.17) is 9.84 Å². The first-order valence-electron chi connectivity index (χ1n) is 9.97. The molecule has 0 radical (unpaired) electrons. The minimum atomic E-state index is -0.744. The highest BCUT2D eigenvalue weighted by Gasteiger charge is 2.10. The Hall–Kier alpha value is -1.06. The molecule has 0 spiro atoms. The van der Waals surface area contributed by atoms with Crippen LogP contribution in [-0.2, 0) is 14.3 Å². The van der Waals surface area contributed by atoms with E-state index in [-0.39, 0.29) is 12.4 Å². The van der Waals surface area contributed by atoms with Crippen molar-refractivity contribution in [3.8, 4) is 0 Å². The monoisotopic (exact) mass is 342 g/mol. The molecule has 0 amide bonds. The number of hydrogen-bond acceptors (Lipinski definition) is 3. The Morgan fingerprint density at radius 3 is 2.04 bits per heavy atom. The average molecular weight is 343 g/mol. The summed E-state index contributed by atoms with van der Waals surface area (Å²) in [6, 6.07) is 0. The van der Waals surface area contributed by atoms with Crippen LogP contribution in [0.3, 0.4) is 0 Å². The number of hydrogen-bond donors (Lipinski definition) is 1. The predicted octanol–water partition coefficient (Wildman–Crippen LogP) is 5.73. The van der Waals surface area contributed by atoms with Crippen LogP contribution < -0.4 is 0 Å². The molecule has 142 valence electrons. The van der Waals surface area contributed by atoms with Crippen LogP contribution >= 0.6 is 0 Å².